The number of hydrogen-bond acceptors (Lipinski definition) is 2. The first-order valence-corrected chi connectivity index (χ1v) is 5.56. The van der Waals surface area contributed by atoms with E-state index in [-0.39, 0.29) is 5.97 Å². The van der Waals surface area contributed by atoms with Gasteiger partial charge in [-0.1, -0.05) is 27.4 Å². The maximum Gasteiger partial charge on any atom is 0.339 e. The first kappa shape index (κ1) is 11.1. The molecule has 0 fully saturated rings. The van der Waals surface area contributed by atoms with Crippen LogP contribution in [0.1, 0.15) is 13.3 Å². The minimum Gasteiger partial charge on any atom is -0.462 e. The zero-order valence-corrected chi connectivity index (χ0v) is 9.56. The normalized spacial score (nSPS) is 13.6. The van der Waals surface area contributed by atoms with Gasteiger partial charge >= 0.3 is 5.97 Å². The van der Waals surface area contributed by atoms with Gasteiger partial charge in [-0.25, -0.2) is 4.79 Å². The zero-order valence-electron chi connectivity index (χ0n) is 7.97. The number of esters is 1. The van der Waals surface area contributed by atoms with Gasteiger partial charge in [0, 0.05) is 10.9 Å². The molecule has 0 saturated heterocycles. The Morgan fingerprint density at radius 1 is 1.64 bits per heavy atom. The predicted molar refractivity (Wildman–Crippen MR) is 58.2 cm³/mol. The molecule has 0 aromatic rings. The van der Waals surface area contributed by atoms with Crippen LogP contribution in [0, 0.1) is 0 Å². The highest BCUT2D eigenvalue weighted by molar-refractivity contribution is 9.09. The fourth-order valence-electron chi connectivity index (χ4n) is 1.11. The van der Waals surface area contributed by atoms with E-state index >= 15 is 0 Å². The Balaban J connectivity index is 2.81. The van der Waals surface area contributed by atoms with Gasteiger partial charge in [0.15, 0.2) is 0 Å². The van der Waals surface area contributed by atoms with Crippen LogP contribution in [-0.2, 0) is 9.53 Å². The maximum atomic E-state index is 11.5. The van der Waals surface area contributed by atoms with E-state index in [2.05, 4.69) is 27.4 Å². The summed E-state index contributed by atoms with van der Waals surface area (Å²) in [5.41, 5.74) is 7.19. The van der Waals surface area contributed by atoms with E-state index in [4.69, 9.17) is 4.74 Å². The van der Waals surface area contributed by atoms with Gasteiger partial charge in [-0.3, -0.25) is 0 Å². The van der Waals surface area contributed by atoms with Gasteiger partial charge in [0.1, 0.15) is 0 Å². The molecule has 0 unspecified atom stereocenters. The summed E-state index contributed by atoms with van der Waals surface area (Å²) in [6, 6.07) is 0. The maximum absolute atomic E-state index is 11.5. The fourth-order valence-corrected chi connectivity index (χ4v) is 1.51. The lowest BCUT2D eigenvalue weighted by atomic mass is 10.0. The molecule has 1 rings (SSSR count). The van der Waals surface area contributed by atoms with Crippen molar-refractivity contribution in [2.24, 2.45) is 0 Å². The van der Waals surface area contributed by atoms with Crippen molar-refractivity contribution in [1.29, 1.82) is 0 Å². The monoisotopic (exact) mass is 254 g/mol. The summed E-state index contributed by atoms with van der Waals surface area (Å²) in [5, 5.41) is 0.799. The molecule has 0 aromatic carbocycles. The van der Waals surface area contributed by atoms with Crippen LogP contribution < -0.4 is 0 Å². The largest absolute Gasteiger partial charge is 0.462 e. The van der Waals surface area contributed by atoms with Crippen LogP contribution in [0.3, 0.4) is 0 Å². The molecule has 0 bridgehead atoms. The third-order valence-corrected chi connectivity index (χ3v) is 2.12. The number of ether oxygens (including phenoxy) is 1. The number of carbonyl (C=O) groups is 1. The molecule has 3 heteroatoms. The summed E-state index contributed by atoms with van der Waals surface area (Å²) in [7, 11) is 0. The summed E-state index contributed by atoms with van der Waals surface area (Å²) in [6.45, 7) is 2.19. The molecule has 0 atom stereocenters. The predicted octanol–water partition coefficient (Wildman–Crippen LogP) is 2.51. The molecule has 74 valence electrons. The fraction of sp³-hybridized carbons (Fsp3) is 0.364. The van der Waals surface area contributed by atoms with E-state index in [0.29, 0.717) is 12.2 Å². The average Bonchev–Trinajstić information content (AvgIpc) is 2.19. The molecule has 0 amide bonds. The van der Waals surface area contributed by atoms with Gasteiger partial charge in [0.05, 0.1) is 12.2 Å². The highest BCUT2D eigenvalue weighted by Gasteiger charge is 2.15. The molecule has 0 saturated carbocycles. The molecule has 1 aliphatic carbocycles. The summed E-state index contributed by atoms with van der Waals surface area (Å²) in [5.74, 6) is -0.284. The third-order valence-electron chi connectivity index (χ3n) is 1.72. The molecule has 0 radical (unpaired) electrons. The SMILES string of the molecule is CCOC(=O)C1=CC=C=C=C1CCBr. The Kier molecular flexibility index (Phi) is 4.48. The number of hydrogen-bond donors (Lipinski definition) is 0. The lowest BCUT2D eigenvalue weighted by Crippen LogP contribution is -2.10. The van der Waals surface area contributed by atoms with Crippen LogP contribution in [0.2, 0.25) is 0 Å². The molecule has 1 aliphatic rings. The van der Waals surface area contributed by atoms with Crippen molar-refractivity contribution in [3.63, 3.8) is 0 Å². The Morgan fingerprint density at radius 3 is 3.07 bits per heavy atom. The van der Waals surface area contributed by atoms with Crippen molar-refractivity contribution in [3.8, 4) is 0 Å². The van der Waals surface area contributed by atoms with Crippen molar-refractivity contribution in [1.82, 2.24) is 0 Å². The highest BCUT2D eigenvalue weighted by atomic mass is 79.9. The summed E-state index contributed by atoms with van der Waals surface area (Å²) < 4.78 is 4.93. The minimum absolute atomic E-state index is 0.284. The lowest BCUT2D eigenvalue weighted by molar-refractivity contribution is -0.138. The lowest BCUT2D eigenvalue weighted by Gasteiger charge is -2.08. The van der Waals surface area contributed by atoms with Gasteiger partial charge in [-0.2, -0.15) is 0 Å². The number of carbonyl (C=O) groups excluding carboxylic acids is 1. The topological polar surface area (TPSA) is 26.3 Å². The van der Waals surface area contributed by atoms with Crippen molar-refractivity contribution >= 4 is 21.9 Å². The van der Waals surface area contributed by atoms with Crippen molar-refractivity contribution < 1.29 is 9.53 Å². The standard InChI is InChI=1S/C11H11BrO2/c1-2-14-11(13)10-6-4-3-5-9(10)7-8-12/h4,6H,2,7-8H2,1H3. The van der Waals surface area contributed by atoms with E-state index in [1.165, 1.54) is 0 Å². The van der Waals surface area contributed by atoms with Crippen molar-refractivity contribution in [2.45, 2.75) is 13.3 Å². The summed E-state index contributed by atoms with van der Waals surface area (Å²) in [6.07, 6.45) is 4.14. The quantitative estimate of drug-likeness (QED) is 0.438. The Morgan fingerprint density at radius 2 is 2.43 bits per heavy atom. The number of allylic oxidation sites excluding steroid dienone is 2. The smallest absolute Gasteiger partial charge is 0.339 e. The van der Waals surface area contributed by atoms with Gasteiger partial charge in [0.25, 0.3) is 0 Å². The van der Waals surface area contributed by atoms with Crippen LogP contribution in [0.25, 0.3) is 0 Å². The van der Waals surface area contributed by atoms with E-state index < -0.39 is 0 Å². The number of alkyl halides is 1. The van der Waals surface area contributed by atoms with Crippen LogP contribution in [0.15, 0.2) is 34.8 Å². The van der Waals surface area contributed by atoms with Crippen LogP contribution in [-0.4, -0.2) is 17.9 Å². The first-order valence-electron chi connectivity index (χ1n) is 4.44. The molecule has 0 N–H and O–H groups in total. The highest BCUT2D eigenvalue weighted by Crippen LogP contribution is 2.17. The van der Waals surface area contributed by atoms with E-state index in [0.717, 1.165) is 17.3 Å². The molecular weight excluding hydrogens is 244 g/mol. The van der Waals surface area contributed by atoms with E-state index in [1.807, 2.05) is 0 Å². The molecule has 0 aromatic heterocycles. The van der Waals surface area contributed by atoms with Crippen LogP contribution >= 0.6 is 15.9 Å². The average molecular weight is 255 g/mol. The van der Waals surface area contributed by atoms with Crippen LogP contribution in [0.4, 0.5) is 0 Å². The molecule has 2 nitrogen and oxygen atoms in total. The summed E-state index contributed by atoms with van der Waals surface area (Å²) in [4.78, 5) is 11.5. The third kappa shape index (κ3) is 2.74. The molecule has 0 spiro atoms. The second-order valence-electron chi connectivity index (χ2n) is 2.65. The summed E-state index contributed by atoms with van der Waals surface area (Å²) >= 11 is 3.32. The molecule has 0 heterocycles. The van der Waals surface area contributed by atoms with Gasteiger partial charge in [-0.15, -0.1) is 0 Å². The van der Waals surface area contributed by atoms with Gasteiger partial charge in [0.2, 0.25) is 0 Å². The zero-order chi connectivity index (χ0) is 10.4. The van der Waals surface area contributed by atoms with Crippen molar-refractivity contribution in [3.05, 3.63) is 34.8 Å². The Hall–Kier alpha value is -1.01. The van der Waals surface area contributed by atoms with Crippen molar-refractivity contribution in [2.75, 3.05) is 11.9 Å². The number of rotatable bonds is 4. The minimum atomic E-state index is -0.284. The van der Waals surface area contributed by atoms with Gasteiger partial charge in [-0.05, 0) is 25.5 Å². The second kappa shape index (κ2) is 5.66. The molecule has 14 heavy (non-hydrogen) atoms. The molecular formula is C11H11BrO2. The number of halogens is 1. The van der Waals surface area contributed by atoms with E-state index in [9.17, 15) is 4.79 Å². The molecule has 0 aliphatic heterocycles. The van der Waals surface area contributed by atoms with Crippen LogP contribution in [0.5, 0.6) is 0 Å². The van der Waals surface area contributed by atoms with Gasteiger partial charge < -0.3 is 4.74 Å². The van der Waals surface area contributed by atoms with E-state index in [1.54, 1.807) is 19.1 Å². The first-order chi connectivity index (χ1) is 6.79. The Bertz CT molecular complexity index is 353. The second-order valence-corrected chi connectivity index (χ2v) is 3.45. The Labute approximate surface area is 91.8 Å².